The summed E-state index contributed by atoms with van der Waals surface area (Å²) in [5.41, 5.74) is 0. The van der Waals surface area contributed by atoms with Crippen LogP contribution in [0, 0.1) is 0 Å². The molecular formula is C14H19N3OS. The van der Waals surface area contributed by atoms with E-state index >= 15 is 0 Å². The van der Waals surface area contributed by atoms with Gasteiger partial charge in [-0.2, -0.15) is 11.8 Å². The second kappa shape index (κ2) is 5.84. The van der Waals surface area contributed by atoms with E-state index in [0.717, 1.165) is 11.6 Å². The monoisotopic (exact) mass is 277 g/mol. The van der Waals surface area contributed by atoms with Gasteiger partial charge in [0, 0.05) is 31.2 Å². The third-order valence-electron chi connectivity index (χ3n) is 3.51. The van der Waals surface area contributed by atoms with Crippen molar-refractivity contribution in [3.63, 3.8) is 0 Å². The van der Waals surface area contributed by atoms with Gasteiger partial charge in [-0.1, -0.05) is 0 Å². The molecule has 3 heterocycles. The molecule has 2 atom stereocenters. The highest BCUT2D eigenvalue weighted by Gasteiger charge is 2.25. The number of thioether (sulfide) groups is 1. The summed E-state index contributed by atoms with van der Waals surface area (Å²) in [6.45, 7) is 0. The Balaban J connectivity index is 1.82. The predicted molar refractivity (Wildman–Crippen MR) is 77.2 cm³/mol. The maximum Gasteiger partial charge on any atom is 0.133 e. The molecule has 2 aromatic heterocycles. The van der Waals surface area contributed by atoms with Crippen LogP contribution in [0.4, 0.5) is 0 Å². The van der Waals surface area contributed by atoms with Crippen molar-refractivity contribution in [3.8, 4) is 0 Å². The Hall–Kier alpha value is -1.20. The van der Waals surface area contributed by atoms with Crippen LogP contribution in [0.3, 0.4) is 0 Å². The number of hydrogen-bond donors (Lipinski definition) is 1. The van der Waals surface area contributed by atoms with Crippen molar-refractivity contribution >= 4 is 11.8 Å². The number of nitrogens with one attached hydrogen (secondary N) is 1. The number of imidazole rings is 1. The van der Waals surface area contributed by atoms with Crippen LogP contribution in [0.1, 0.15) is 30.5 Å². The van der Waals surface area contributed by atoms with Gasteiger partial charge in [0.25, 0.3) is 0 Å². The van der Waals surface area contributed by atoms with Gasteiger partial charge in [-0.05, 0) is 30.7 Å². The number of furan rings is 1. The first-order chi connectivity index (χ1) is 9.34. The van der Waals surface area contributed by atoms with Crippen molar-refractivity contribution in [2.75, 3.05) is 11.5 Å². The molecule has 0 aromatic carbocycles. The Morgan fingerprint density at radius 3 is 3.16 bits per heavy atom. The molecule has 2 aromatic rings. The summed E-state index contributed by atoms with van der Waals surface area (Å²) < 4.78 is 7.65. The number of aromatic nitrogens is 2. The fourth-order valence-electron chi connectivity index (χ4n) is 2.50. The molecule has 19 heavy (non-hydrogen) atoms. The van der Waals surface area contributed by atoms with Crippen molar-refractivity contribution in [3.05, 3.63) is 42.4 Å². The predicted octanol–water partition coefficient (Wildman–Crippen LogP) is 2.59. The molecule has 0 amide bonds. The molecule has 0 bridgehead atoms. The molecule has 1 saturated heterocycles. The zero-order valence-corrected chi connectivity index (χ0v) is 11.9. The topological polar surface area (TPSA) is 43.0 Å². The van der Waals surface area contributed by atoms with Crippen LogP contribution in [0.5, 0.6) is 0 Å². The highest BCUT2D eigenvalue weighted by atomic mass is 32.2. The van der Waals surface area contributed by atoms with E-state index in [1.165, 1.54) is 24.3 Å². The Morgan fingerprint density at radius 1 is 1.58 bits per heavy atom. The second-order valence-corrected chi connectivity index (χ2v) is 6.08. The summed E-state index contributed by atoms with van der Waals surface area (Å²) >= 11 is 2.02. The van der Waals surface area contributed by atoms with Crippen molar-refractivity contribution in [2.24, 2.45) is 7.05 Å². The molecule has 3 rings (SSSR count). The van der Waals surface area contributed by atoms with Crippen molar-refractivity contribution in [2.45, 2.75) is 24.9 Å². The summed E-state index contributed by atoms with van der Waals surface area (Å²) in [6.07, 6.45) is 8.05. The molecule has 0 saturated carbocycles. The molecule has 1 N–H and O–H groups in total. The Bertz CT molecular complexity index is 503. The third-order valence-corrected chi connectivity index (χ3v) is 4.72. The zero-order chi connectivity index (χ0) is 13.1. The van der Waals surface area contributed by atoms with Gasteiger partial charge in [0.15, 0.2) is 0 Å². The van der Waals surface area contributed by atoms with Gasteiger partial charge in [-0.3, -0.25) is 5.32 Å². The largest absolute Gasteiger partial charge is 0.467 e. The number of hydrogen-bond acceptors (Lipinski definition) is 4. The smallest absolute Gasteiger partial charge is 0.133 e. The standard InChI is InChI=1S/C14H19N3OS/c1-17-7-6-15-14(17)13(12-5-2-8-18-12)16-11-4-3-9-19-10-11/h2,5-8,11,13,16H,3-4,9-10H2,1H3. The van der Waals surface area contributed by atoms with Crippen molar-refractivity contribution in [1.82, 2.24) is 14.9 Å². The fraction of sp³-hybridized carbons (Fsp3) is 0.500. The molecule has 1 fully saturated rings. The van der Waals surface area contributed by atoms with Crippen LogP contribution in [0.2, 0.25) is 0 Å². The maximum atomic E-state index is 5.59. The SMILES string of the molecule is Cn1ccnc1C(NC1CCCSC1)c1ccco1. The lowest BCUT2D eigenvalue weighted by Crippen LogP contribution is -2.38. The highest BCUT2D eigenvalue weighted by Crippen LogP contribution is 2.25. The van der Waals surface area contributed by atoms with Gasteiger partial charge in [0.2, 0.25) is 0 Å². The first-order valence-electron chi connectivity index (χ1n) is 6.69. The number of nitrogens with zero attached hydrogens (tertiary/aromatic N) is 2. The molecular weight excluding hydrogens is 258 g/mol. The van der Waals surface area contributed by atoms with E-state index in [4.69, 9.17) is 4.42 Å². The van der Waals surface area contributed by atoms with Crippen LogP contribution in [-0.4, -0.2) is 27.1 Å². The van der Waals surface area contributed by atoms with Crippen LogP contribution in [0.25, 0.3) is 0 Å². The lowest BCUT2D eigenvalue weighted by molar-refractivity contribution is 0.388. The van der Waals surface area contributed by atoms with E-state index in [1.807, 2.05) is 43.3 Å². The minimum Gasteiger partial charge on any atom is -0.467 e. The van der Waals surface area contributed by atoms with Gasteiger partial charge in [-0.15, -0.1) is 0 Å². The van der Waals surface area contributed by atoms with E-state index in [1.54, 1.807) is 6.26 Å². The van der Waals surface area contributed by atoms with E-state index < -0.39 is 0 Å². The van der Waals surface area contributed by atoms with Gasteiger partial charge < -0.3 is 8.98 Å². The van der Waals surface area contributed by atoms with E-state index in [0.29, 0.717) is 6.04 Å². The Morgan fingerprint density at radius 2 is 2.53 bits per heavy atom. The minimum atomic E-state index is 0.0405. The molecule has 0 spiro atoms. The van der Waals surface area contributed by atoms with E-state index in [2.05, 4.69) is 14.9 Å². The van der Waals surface area contributed by atoms with Gasteiger partial charge in [0.05, 0.1) is 6.26 Å². The summed E-state index contributed by atoms with van der Waals surface area (Å²) in [6, 6.07) is 4.52. The summed E-state index contributed by atoms with van der Waals surface area (Å²) in [5.74, 6) is 4.39. The first-order valence-corrected chi connectivity index (χ1v) is 7.84. The van der Waals surface area contributed by atoms with Crippen molar-refractivity contribution in [1.29, 1.82) is 0 Å². The molecule has 0 radical (unpaired) electrons. The third kappa shape index (κ3) is 2.87. The number of aryl methyl sites for hydroxylation is 1. The molecule has 2 unspecified atom stereocenters. The highest BCUT2D eigenvalue weighted by molar-refractivity contribution is 7.99. The average molecular weight is 277 g/mol. The zero-order valence-electron chi connectivity index (χ0n) is 11.1. The van der Waals surface area contributed by atoms with E-state index in [-0.39, 0.29) is 6.04 Å². The Labute approximate surface area is 117 Å². The average Bonchev–Trinajstić information content (AvgIpc) is 3.09. The molecule has 5 heteroatoms. The molecule has 1 aliphatic rings. The quantitative estimate of drug-likeness (QED) is 0.933. The first kappa shape index (κ1) is 12.8. The molecule has 1 aliphatic heterocycles. The molecule has 102 valence electrons. The van der Waals surface area contributed by atoms with Crippen LogP contribution in [0.15, 0.2) is 35.2 Å². The summed E-state index contributed by atoms with van der Waals surface area (Å²) in [7, 11) is 2.02. The maximum absolute atomic E-state index is 5.59. The van der Waals surface area contributed by atoms with Crippen molar-refractivity contribution < 1.29 is 4.42 Å². The minimum absolute atomic E-state index is 0.0405. The van der Waals surface area contributed by atoms with Crippen LogP contribution >= 0.6 is 11.8 Å². The molecule has 4 nitrogen and oxygen atoms in total. The lowest BCUT2D eigenvalue weighted by Gasteiger charge is -2.27. The second-order valence-electron chi connectivity index (χ2n) is 4.93. The summed E-state index contributed by atoms with van der Waals surface area (Å²) in [4.78, 5) is 4.47. The normalized spacial score (nSPS) is 21.4. The van der Waals surface area contributed by atoms with Gasteiger partial charge >= 0.3 is 0 Å². The van der Waals surface area contributed by atoms with Gasteiger partial charge in [-0.25, -0.2) is 4.98 Å². The molecule has 0 aliphatic carbocycles. The van der Waals surface area contributed by atoms with Crippen LogP contribution < -0.4 is 5.32 Å². The van der Waals surface area contributed by atoms with Gasteiger partial charge in [0.1, 0.15) is 17.6 Å². The van der Waals surface area contributed by atoms with E-state index in [9.17, 15) is 0 Å². The fourth-order valence-corrected chi connectivity index (χ4v) is 3.59. The number of rotatable bonds is 4. The van der Waals surface area contributed by atoms with Crippen LogP contribution in [-0.2, 0) is 7.05 Å². The lowest BCUT2D eigenvalue weighted by atomic mass is 10.1. The summed E-state index contributed by atoms with van der Waals surface area (Å²) in [5, 5.41) is 3.70. The Kier molecular flexibility index (Phi) is 3.94.